The van der Waals surface area contributed by atoms with Crippen molar-refractivity contribution < 1.29 is 14.3 Å². The standard InChI is InChI=1S/C14H17NO2.C11H14INO/c1-5-10-17-12-8-6-11(7-9-12)13(16)15-14(2,3)4;1-11(2,3)13-10(14)8-4-6-9(12)7-5-8/h1,6-9H,10H2,2-4H3,(H,15,16);4-7H,1-3H3,(H,13,14). The number of rotatable bonds is 4. The van der Waals surface area contributed by atoms with Gasteiger partial charge in [0.2, 0.25) is 0 Å². The van der Waals surface area contributed by atoms with Crippen molar-refractivity contribution in [3.05, 3.63) is 63.2 Å². The van der Waals surface area contributed by atoms with Crippen LogP contribution < -0.4 is 15.4 Å². The zero-order valence-corrected chi connectivity index (χ0v) is 21.2. The lowest BCUT2D eigenvalue weighted by atomic mass is 10.1. The zero-order valence-electron chi connectivity index (χ0n) is 19.0. The van der Waals surface area contributed by atoms with Crippen molar-refractivity contribution in [1.82, 2.24) is 10.6 Å². The van der Waals surface area contributed by atoms with Crippen molar-refractivity contribution in [2.24, 2.45) is 0 Å². The third-order valence-electron chi connectivity index (χ3n) is 3.52. The molecule has 0 spiro atoms. The molecule has 166 valence electrons. The molecular formula is C25H31IN2O3. The number of halogens is 1. The minimum absolute atomic E-state index is 0.0195. The minimum Gasteiger partial charge on any atom is -0.481 e. The first kappa shape index (κ1) is 26.5. The average Bonchev–Trinajstić information content (AvgIpc) is 2.65. The second-order valence-electron chi connectivity index (χ2n) is 8.93. The van der Waals surface area contributed by atoms with Crippen molar-refractivity contribution in [3.8, 4) is 18.1 Å². The Morgan fingerprint density at radius 1 is 0.839 bits per heavy atom. The number of hydrogen-bond acceptors (Lipinski definition) is 3. The molecule has 0 fully saturated rings. The molecule has 0 aliphatic heterocycles. The molecule has 0 atom stereocenters. The Morgan fingerprint density at radius 2 is 1.23 bits per heavy atom. The van der Waals surface area contributed by atoms with E-state index in [-0.39, 0.29) is 29.5 Å². The first-order valence-electron chi connectivity index (χ1n) is 9.87. The Morgan fingerprint density at radius 3 is 1.58 bits per heavy atom. The zero-order chi connectivity index (χ0) is 23.7. The first-order chi connectivity index (χ1) is 14.3. The van der Waals surface area contributed by atoms with Crippen LogP contribution in [0.2, 0.25) is 0 Å². The Bertz CT molecular complexity index is 900. The highest BCUT2D eigenvalue weighted by Gasteiger charge is 2.15. The van der Waals surface area contributed by atoms with E-state index in [9.17, 15) is 9.59 Å². The van der Waals surface area contributed by atoms with Gasteiger partial charge in [0.05, 0.1) is 0 Å². The van der Waals surface area contributed by atoms with E-state index in [1.54, 1.807) is 24.3 Å². The first-order valence-corrected chi connectivity index (χ1v) is 11.0. The molecule has 2 amide bonds. The van der Waals surface area contributed by atoms with Crippen LogP contribution in [0.4, 0.5) is 0 Å². The van der Waals surface area contributed by atoms with Gasteiger partial charge in [0, 0.05) is 25.8 Å². The van der Waals surface area contributed by atoms with Gasteiger partial charge in [0.1, 0.15) is 12.4 Å². The third-order valence-corrected chi connectivity index (χ3v) is 4.24. The lowest BCUT2D eigenvalue weighted by molar-refractivity contribution is 0.0910. The highest BCUT2D eigenvalue weighted by atomic mass is 127. The van der Waals surface area contributed by atoms with Gasteiger partial charge in [-0.15, -0.1) is 6.42 Å². The fourth-order valence-corrected chi connectivity index (χ4v) is 2.61. The van der Waals surface area contributed by atoms with E-state index < -0.39 is 0 Å². The molecule has 0 saturated heterocycles. The number of carbonyl (C=O) groups is 2. The van der Waals surface area contributed by atoms with Gasteiger partial charge >= 0.3 is 0 Å². The Balaban J connectivity index is 0.000000316. The topological polar surface area (TPSA) is 67.4 Å². The molecule has 0 radical (unpaired) electrons. The molecule has 2 aromatic rings. The van der Waals surface area contributed by atoms with Gasteiger partial charge in [-0.05, 0) is 113 Å². The van der Waals surface area contributed by atoms with Gasteiger partial charge in [-0.3, -0.25) is 9.59 Å². The van der Waals surface area contributed by atoms with Crippen LogP contribution in [-0.2, 0) is 0 Å². The van der Waals surface area contributed by atoms with E-state index in [2.05, 4.69) is 39.1 Å². The average molecular weight is 534 g/mol. The largest absolute Gasteiger partial charge is 0.481 e. The summed E-state index contributed by atoms with van der Waals surface area (Å²) in [4.78, 5) is 23.5. The summed E-state index contributed by atoms with van der Waals surface area (Å²) >= 11 is 2.22. The molecule has 0 bridgehead atoms. The maximum atomic E-state index is 11.8. The molecule has 0 saturated carbocycles. The summed E-state index contributed by atoms with van der Waals surface area (Å²) < 4.78 is 6.36. The number of hydrogen-bond donors (Lipinski definition) is 2. The van der Waals surface area contributed by atoms with Gasteiger partial charge in [0.15, 0.2) is 0 Å². The second-order valence-corrected chi connectivity index (χ2v) is 10.2. The molecule has 0 unspecified atom stereocenters. The summed E-state index contributed by atoms with van der Waals surface area (Å²) in [6, 6.07) is 14.4. The molecule has 5 nitrogen and oxygen atoms in total. The van der Waals surface area contributed by atoms with Crippen LogP contribution >= 0.6 is 22.6 Å². The number of amides is 2. The highest BCUT2D eigenvalue weighted by molar-refractivity contribution is 14.1. The Labute approximate surface area is 199 Å². The van der Waals surface area contributed by atoms with Crippen molar-refractivity contribution in [1.29, 1.82) is 0 Å². The van der Waals surface area contributed by atoms with Gasteiger partial charge < -0.3 is 15.4 Å². The molecule has 0 aromatic heterocycles. The van der Waals surface area contributed by atoms with E-state index in [4.69, 9.17) is 11.2 Å². The maximum absolute atomic E-state index is 11.8. The summed E-state index contributed by atoms with van der Waals surface area (Å²) in [5.74, 6) is 2.93. The highest BCUT2D eigenvalue weighted by Crippen LogP contribution is 2.13. The van der Waals surface area contributed by atoms with Gasteiger partial charge in [-0.1, -0.05) is 5.92 Å². The number of terminal acetylenes is 1. The van der Waals surface area contributed by atoms with Gasteiger partial charge in [-0.2, -0.15) is 0 Å². The van der Waals surface area contributed by atoms with Gasteiger partial charge in [-0.25, -0.2) is 0 Å². The van der Waals surface area contributed by atoms with Crippen LogP contribution in [0.15, 0.2) is 48.5 Å². The number of ether oxygens (including phenoxy) is 1. The molecule has 31 heavy (non-hydrogen) atoms. The molecule has 2 N–H and O–H groups in total. The van der Waals surface area contributed by atoms with Crippen molar-refractivity contribution in [2.75, 3.05) is 6.61 Å². The summed E-state index contributed by atoms with van der Waals surface area (Å²) in [6.45, 7) is 12.0. The summed E-state index contributed by atoms with van der Waals surface area (Å²) in [5, 5.41) is 5.80. The Hall–Kier alpha value is -2.53. The molecule has 0 aliphatic carbocycles. The summed E-state index contributed by atoms with van der Waals surface area (Å²) in [7, 11) is 0. The predicted octanol–water partition coefficient (Wildman–Crippen LogP) is 5.05. The van der Waals surface area contributed by atoms with E-state index in [0.717, 1.165) is 3.57 Å². The van der Waals surface area contributed by atoms with Crippen LogP contribution in [0.5, 0.6) is 5.75 Å². The normalized spacial score (nSPS) is 10.8. The summed E-state index contributed by atoms with van der Waals surface area (Å²) in [5.41, 5.74) is 0.892. The second kappa shape index (κ2) is 11.8. The van der Waals surface area contributed by atoms with E-state index in [0.29, 0.717) is 16.9 Å². The van der Waals surface area contributed by atoms with Crippen LogP contribution in [-0.4, -0.2) is 29.5 Å². The van der Waals surface area contributed by atoms with Crippen molar-refractivity contribution >= 4 is 34.4 Å². The molecule has 0 aliphatic rings. The maximum Gasteiger partial charge on any atom is 0.251 e. The smallest absolute Gasteiger partial charge is 0.251 e. The molecule has 2 aromatic carbocycles. The lowest BCUT2D eigenvalue weighted by Crippen LogP contribution is -2.40. The molecule has 0 heterocycles. The number of carbonyl (C=O) groups excluding carboxylic acids is 2. The fraction of sp³-hybridized carbons (Fsp3) is 0.360. The monoisotopic (exact) mass is 534 g/mol. The molecular weight excluding hydrogens is 503 g/mol. The van der Waals surface area contributed by atoms with E-state index in [1.165, 1.54) is 0 Å². The van der Waals surface area contributed by atoms with Crippen molar-refractivity contribution in [3.63, 3.8) is 0 Å². The SMILES string of the molecule is C#CCOc1ccc(C(=O)NC(C)(C)C)cc1.CC(C)(C)NC(=O)c1ccc(I)cc1. The molecule has 2 rings (SSSR count). The Kier molecular flexibility index (Phi) is 10.0. The summed E-state index contributed by atoms with van der Waals surface area (Å²) in [6.07, 6.45) is 5.08. The van der Waals surface area contributed by atoms with E-state index >= 15 is 0 Å². The van der Waals surface area contributed by atoms with Crippen molar-refractivity contribution in [2.45, 2.75) is 52.6 Å². The van der Waals surface area contributed by atoms with E-state index in [1.807, 2.05) is 65.8 Å². The quantitative estimate of drug-likeness (QED) is 0.427. The fourth-order valence-electron chi connectivity index (χ4n) is 2.25. The van der Waals surface area contributed by atoms with Crippen LogP contribution in [0.25, 0.3) is 0 Å². The van der Waals surface area contributed by atoms with Crippen LogP contribution in [0, 0.1) is 15.9 Å². The minimum atomic E-state index is -0.240. The number of nitrogens with one attached hydrogen (secondary N) is 2. The lowest BCUT2D eigenvalue weighted by Gasteiger charge is -2.20. The van der Waals surface area contributed by atoms with Gasteiger partial charge in [0.25, 0.3) is 11.8 Å². The number of benzene rings is 2. The predicted molar refractivity (Wildman–Crippen MR) is 134 cm³/mol. The van der Waals surface area contributed by atoms with Crippen LogP contribution in [0.1, 0.15) is 62.3 Å². The van der Waals surface area contributed by atoms with Crippen LogP contribution in [0.3, 0.4) is 0 Å². The third kappa shape index (κ3) is 11.4. The molecule has 6 heteroatoms.